The molecular weight excluding hydrogens is 206 g/mol. The molecule has 16 heavy (non-hydrogen) atoms. The van der Waals surface area contributed by atoms with E-state index in [9.17, 15) is 4.79 Å². The third kappa shape index (κ3) is 4.00. The van der Waals surface area contributed by atoms with Gasteiger partial charge < -0.3 is 15.5 Å². The van der Waals surface area contributed by atoms with Crippen molar-refractivity contribution in [3.05, 3.63) is 35.4 Å². The number of aliphatic hydroxyl groups excluding tert-OH is 1. The maximum absolute atomic E-state index is 10.7. The molecule has 4 heteroatoms. The number of carbonyl (C=O) groups is 1. The molecule has 0 amide bonds. The van der Waals surface area contributed by atoms with Gasteiger partial charge >= 0.3 is 5.97 Å². The van der Waals surface area contributed by atoms with E-state index in [4.69, 9.17) is 10.2 Å². The number of carboxylic acid groups (broad SMARTS) is 1. The van der Waals surface area contributed by atoms with Gasteiger partial charge in [-0.3, -0.25) is 4.79 Å². The van der Waals surface area contributed by atoms with Crippen LogP contribution in [-0.4, -0.2) is 28.8 Å². The monoisotopic (exact) mass is 223 g/mol. The Hall–Kier alpha value is -1.39. The molecule has 1 aromatic carbocycles. The second kappa shape index (κ2) is 6.25. The van der Waals surface area contributed by atoms with Crippen LogP contribution in [0.25, 0.3) is 0 Å². The van der Waals surface area contributed by atoms with Gasteiger partial charge in [0.25, 0.3) is 0 Å². The summed E-state index contributed by atoms with van der Waals surface area (Å²) in [7, 11) is 0. The molecule has 1 aromatic rings. The molecule has 0 radical (unpaired) electrons. The van der Waals surface area contributed by atoms with Crippen LogP contribution in [0.15, 0.2) is 24.3 Å². The Morgan fingerprint density at radius 2 is 2.00 bits per heavy atom. The second-order valence-corrected chi connectivity index (χ2v) is 3.80. The van der Waals surface area contributed by atoms with E-state index < -0.39 is 5.97 Å². The van der Waals surface area contributed by atoms with Crippen molar-refractivity contribution in [3.8, 4) is 0 Å². The lowest BCUT2D eigenvalue weighted by Gasteiger charge is -2.13. The molecule has 0 fully saturated rings. The van der Waals surface area contributed by atoms with Crippen molar-refractivity contribution in [3.63, 3.8) is 0 Å². The van der Waals surface area contributed by atoms with Gasteiger partial charge in [0.15, 0.2) is 0 Å². The molecule has 1 unspecified atom stereocenters. The Balaban J connectivity index is 2.67. The van der Waals surface area contributed by atoms with E-state index in [1.807, 2.05) is 31.2 Å². The number of aliphatic carboxylic acids is 1. The first-order chi connectivity index (χ1) is 7.63. The second-order valence-electron chi connectivity index (χ2n) is 3.80. The highest BCUT2D eigenvalue weighted by atomic mass is 16.4. The first kappa shape index (κ1) is 12.7. The Morgan fingerprint density at radius 3 is 2.56 bits per heavy atom. The molecule has 0 bridgehead atoms. The molecule has 0 heterocycles. The van der Waals surface area contributed by atoms with Crippen LogP contribution in [0.2, 0.25) is 0 Å². The van der Waals surface area contributed by atoms with E-state index in [2.05, 4.69) is 5.32 Å². The molecular formula is C12H17NO3. The Bertz CT molecular complexity index is 352. The average Bonchev–Trinajstić information content (AvgIpc) is 2.26. The van der Waals surface area contributed by atoms with Crippen molar-refractivity contribution in [2.75, 3.05) is 6.61 Å². The lowest BCUT2D eigenvalue weighted by Crippen LogP contribution is -2.29. The summed E-state index contributed by atoms with van der Waals surface area (Å²) in [4.78, 5) is 10.7. The SMILES string of the molecule is CC(CO)NCc1ccccc1CC(=O)O. The van der Waals surface area contributed by atoms with Crippen molar-refractivity contribution in [1.29, 1.82) is 0 Å². The topological polar surface area (TPSA) is 69.6 Å². The molecule has 1 rings (SSSR count). The van der Waals surface area contributed by atoms with Crippen LogP contribution in [0.5, 0.6) is 0 Å². The van der Waals surface area contributed by atoms with Crippen LogP contribution in [0, 0.1) is 0 Å². The lowest BCUT2D eigenvalue weighted by molar-refractivity contribution is -0.136. The highest BCUT2D eigenvalue weighted by Crippen LogP contribution is 2.09. The van der Waals surface area contributed by atoms with Gasteiger partial charge in [-0.15, -0.1) is 0 Å². The summed E-state index contributed by atoms with van der Waals surface area (Å²) in [5, 5.41) is 20.7. The Kier molecular flexibility index (Phi) is 4.95. The van der Waals surface area contributed by atoms with Crippen molar-refractivity contribution in [2.24, 2.45) is 0 Å². The van der Waals surface area contributed by atoms with Gasteiger partial charge in [-0.1, -0.05) is 24.3 Å². The van der Waals surface area contributed by atoms with E-state index in [1.165, 1.54) is 0 Å². The standard InChI is InChI=1S/C12H17NO3/c1-9(8-14)13-7-11-5-3-2-4-10(11)6-12(15)16/h2-5,9,13-14H,6-8H2,1H3,(H,15,16). The van der Waals surface area contributed by atoms with Crippen molar-refractivity contribution in [2.45, 2.75) is 25.9 Å². The highest BCUT2D eigenvalue weighted by molar-refractivity contribution is 5.70. The number of rotatable bonds is 6. The fourth-order valence-electron chi connectivity index (χ4n) is 1.41. The molecule has 0 spiro atoms. The number of hydrogen-bond acceptors (Lipinski definition) is 3. The maximum Gasteiger partial charge on any atom is 0.307 e. The van der Waals surface area contributed by atoms with Crippen LogP contribution in [0.1, 0.15) is 18.1 Å². The summed E-state index contributed by atoms with van der Waals surface area (Å²) < 4.78 is 0. The van der Waals surface area contributed by atoms with Crippen LogP contribution < -0.4 is 5.32 Å². The number of benzene rings is 1. The van der Waals surface area contributed by atoms with Gasteiger partial charge in [0.05, 0.1) is 13.0 Å². The molecule has 0 aromatic heterocycles. The summed E-state index contributed by atoms with van der Waals surface area (Å²) in [5.41, 5.74) is 1.78. The summed E-state index contributed by atoms with van der Waals surface area (Å²) in [6.45, 7) is 2.52. The smallest absolute Gasteiger partial charge is 0.307 e. The minimum Gasteiger partial charge on any atom is -0.481 e. The number of hydrogen-bond donors (Lipinski definition) is 3. The molecule has 0 saturated carbocycles. The number of aliphatic hydroxyl groups is 1. The number of carboxylic acids is 1. The summed E-state index contributed by atoms with van der Waals surface area (Å²) in [6, 6.07) is 7.44. The Labute approximate surface area is 94.9 Å². The van der Waals surface area contributed by atoms with Gasteiger partial charge in [0, 0.05) is 12.6 Å². The minimum atomic E-state index is -0.831. The third-order valence-electron chi connectivity index (χ3n) is 2.37. The molecule has 0 aliphatic rings. The quantitative estimate of drug-likeness (QED) is 0.666. The van der Waals surface area contributed by atoms with Crippen LogP contribution >= 0.6 is 0 Å². The molecule has 3 N–H and O–H groups in total. The normalized spacial score (nSPS) is 12.4. The maximum atomic E-state index is 10.7. The zero-order valence-corrected chi connectivity index (χ0v) is 9.31. The highest BCUT2D eigenvalue weighted by Gasteiger charge is 2.06. The summed E-state index contributed by atoms with van der Waals surface area (Å²) in [6.07, 6.45) is 0.0331. The minimum absolute atomic E-state index is 0.0119. The summed E-state index contributed by atoms with van der Waals surface area (Å²) >= 11 is 0. The van der Waals surface area contributed by atoms with Gasteiger partial charge in [-0.2, -0.15) is 0 Å². The largest absolute Gasteiger partial charge is 0.481 e. The fraction of sp³-hybridized carbons (Fsp3) is 0.417. The molecule has 1 atom stereocenters. The van der Waals surface area contributed by atoms with Crippen LogP contribution in [-0.2, 0) is 17.8 Å². The molecule has 4 nitrogen and oxygen atoms in total. The van der Waals surface area contributed by atoms with Gasteiger partial charge in [-0.05, 0) is 18.1 Å². The average molecular weight is 223 g/mol. The number of nitrogens with one attached hydrogen (secondary N) is 1. The van der Waals surface area contributed by atoms with E-state index in [1.54, 1.807) is 0 Å². The van der Waals surface area contributed by atoms with Gasteiger partial charge in [0.2, 0.25) is 0 Å². The fourth-order valence-corrected chi connectivity index (χ4v) is 1.41. The third-order valence-corrected chi connectivity index (χ3v) is 2.37. The predicted octanol–water partition coefficient (Wildman–Crippen LogP) is 0.784. The molecule has 88 valence electrons. The van der Waals surface area contributed by atoms with Crippen molar-refractivity contribution in [1.82, 2.24) is 5.32 Å². The molecule has 0 aliphatic carbocycles. The van der Waals surface area contributed by atoms with Gasteiger partial charge in [0.1, 0.15) is 0 Å². The van der Waals surface area contributed by atoms with Crippen molar-refractivity contribution >= 4 is 5.97 Å². The Morgan fingerprint density at radius 1 is 1.38 bits per heavy atom. The summed E-state index contributed by atoms with van der Waals surface area (Å²) in [5.74, 6) is -0.831. The molecule has 0 aliphatic heterocycles. The predicted molar refractivity (Wildman–Crippen MR) is 61.2 cm³/mol. The van der Waals surface area contributed by atoms with E-state index in [0.29, 0.717) is 6.54 Å². The first-order valence-electron chi connectivity index (χ1n) is 5.26. The zero-order valence-electron chi connectivity index (χ0n) is 9.31. The zero-order chi connectivity index (χ0) is 12.0. The van der Waals surface area contributed by atoms with Crippen LogP contribution in [0.3, 0.4) is 0 Å². The molecule has 0 saturated heterocycles. The lowest BCUT2D eigenvalue weighted by atomic mass is 10.0. The van der Waals surface area contributed by atoms with E-state index >= 15 is 0 Å². The van der Waals surface area contributed by atoms with Crippen LogP contribution in [0.4, 0.5) is 0 Å². The van der Waals surface area contributed by atoms with E-state index in [0.717, 1.165) is 11.1 Å². The van der Waals surface area contributed by atoms with Gasteiger partial charge in [-0.25, -0.2) is 0 Å². The van der Waals surface area contributed by atoms with E-state index in [-0.39, 0.29) is 19.1 Å². The van der Waals surface area contributed by atoms with Crippen molar-refractivity contribution < 1.29 is 15.0 Å². The first-order valence-corrected chi connectivity index (χ1v) is 5.26.